The topological polar surface area (TPSA) is 124 Å². The summed E-state index contributed by atoms with van der Waals surface area (Å²) in [7, 11) is 0. The van der Waals surface area contributed by atoms with Gasteiger partial charge in [0.05, 0.1) is 25.1 Å². The van der Waals surface area contributed by atoms with Gasteiger partial charge in [-0.25, -0.2) is 4.98 Å². The molecule has 1 aromatic heterocycles. The van der Waals surface area contributed by atoms with E-state index in [1.54, 1.807) is 31.0 Å². The Morgan fingerprint density at radius 3 is 2.76 bits per heavy atom. The lowest BCUT2D eigenvalue weighted by Crippen LogP contribution is -2.49. The molecule has 1 aromatic carbocycles. The summed E-state index contributed by atoms with van der Waals surface area (Å²) >= 11 is 0. The smallest absolute Gasteiger partial charge is 0.250 e. The number of rotatable bonds is 8. The zero-order chi connectivity index (χ0) is 26.2. The van der Waals surface area contributed by atoms with Crippen molar-refractivity contribution in [3.63, 3.8) is 0 Å². The van der Waals surface area contributed by atoms with Crippen molar-refractivity contribution in [2.75, 3.05) is 32.8 Å². The molecule has 0 bridgehead atoms. The Bertz CT molecular complexity index is 1240. The van der Waals surface area contributed by atoms with Crippen LogP contribution in [0.2, 0.25) is 0 Å². The number of ether oxygens (including phenoxy) is 2. The number of allylic oxidation sites excluding steroid dienone is 1. The zero-order valence-corrected chi connectivity index (χ0v) is 21.8. The average Bonchev–Trinajstić information content (AvgIpc) is 3.48. The maximum Gasteiger partial charge on any atom is 0.250 e. The number of morpholine rings is 1. The van der Waals surface area contributed by atoms with Crippen LogP contribution in [-0.2, 0) is 14.3 Å². The molecule has 0 spiro atoms. The normalized spacial score (nSPS) is 22.0. The molecule has 3 heterocycles. The number of aromatic nitrogens is 2. The summed E-state index contributed by atoms with van der Waals surface area (Å²) < 4.78 is 14.0. The third-order valence-electron chi connectivity index (χ3n) is 7.37. The van der Waals surface area contributed by atoms with Crippen molar-refractivity contribution in [3.8, 4) is 5.75 Å². The number of nitrogens with zero attached hydrogens (tertiary/aromatic N) is 4. The first-order valence-electron chi connectivity index (χ1n) is 13.1. The molecule has 10 nitrogen and oxygen atoms in total. The predicted molar refractivity (Wildman–Crippen MR) is 141 cm³/mol. The van der Waals surface area contributed by atoms with Crippen LogP contribution in [0.3, 0.4) is 0 Å². The van der Waals surface area contributed by atoms with Gasteiger partial charge >= 0.3 is 0 Å². The number of aliphatic imine (C=N–C) groups is 1. The maximum atomic E-state index is 12.9. The van der Waals surface area contributed by atoms with E-state index in [-0.39, 0.29) is 23.8 Å². The van der Waals surface area contributed by atoms with Gasteiger partial charge in [-0.15, -0.1) is 0 Å². The number of carbonyl (C=O) groups is 2. The lowest BCUT2D eigenvalue weighted by atomic mass is 10.0. The second-order valence-corrected chi connectivity index (χ2v) is 10.7. The number of imidazole rings is 1. The van der Waals surface area contributed by atoms with Crippen LogP contribution in [0.1, 0.15) is 51.6 Å². The van der Waals surface area contributed by atoms with E-state index in [1.165, 1.54) is 0 Å². The van der Waals surface area contributed by atoms with Crippen molar-refractivity contribution in [1.82, 2.24) is 19.8 Å². The largest absolute Gasteiger partial charge is 0.488 e. The van der Waals surface area contributed by atoms with E-state index >= 15 is 0 Å². The fourth-order valence-corrected chi connectivity index (χ4v) is 4.88. The lowest BCUT2D eigenvalue weighted by Gasteiger charge is -2.32. The van der Waals surface area contributed by atoms with Crippen LogP contribution in [0.4, 0.5) is 0 Å². The average molecular weight is 509 g/mol. The first-order valence-corrected chi connectivity index (χ1v) is 13.1. The van der Waals surface area contributed by atoms with E-state index in [0.29, 0.717) is 56.8 Å². The zero-order valence-electron chi connectivity index (χ0n) is 21.8. The van der Waals surface area contributed by atoms with E-state index in [2.05, 4.69) is 19.9 Å². The number of hydrogen-bond acceptors (Lipinski definition) is 7. The SMILES string of the molecule is C[C@@H](Oc1cc(C(N)=CC=NC(C)(C)C(=O)N2CCOCC2)cc2ncn(C3CC3)c12)[C@H]1CNC(=O)C1. The van der Waals surface area contributed by atoms with Crippen molar-refractivity contribution in [1.29, 1.82) is 0 Å². The highest BCUT2D eigenvalue weighted by Crippen LogP contribution is 2.41. The first-order chi connectivity index (χ1) is 17.7. The van der Waals surface area contributed by atoms with Crippen molar-refractivity contribution in [2.45, 2.75) is 57.7 Å². The maximum absolute atomic E-state index is 12.9. The number of carbonyl (C=O) groups excluding carboxylic acids is 2. The summed E-state index contributed by atoms with van der Waals surface area (Å²) in [5, 5.41) is 2.89. The lowest BCUT2D eigenvalue weighted by molar-refractivity contribution is -0.139. The van der Waals surface area contributed by atoms with Gasteiger partial charge in [0.25, 0.3) is 0 Å². The van der Waals surface area contributed by atoms with Crippen molar-refractivity contribution < 1.29 is 19.1 Å². The Morgan fingerprint density at radius 2 is 2.08 bits per heavy atom. The van der Waals surface area contributed by atoms with Crippen molar-refractivity contribution >= 4 is 34.8 Å². The van der Waals surface area contributed by atoms with Crippen LogP contribution in [0.15, 0.2) is 29.5 Å². The highest BCUT2D eigenvalue weighted by atomic mass is 16.5. The molecule has 1 saturated carbocycles. The molecule has 10 heteroatoms. The standard InChI is InChI=1S/C27H36N6O4/c1-17(19-14-24(34)29-15-19)37-23-13-18(12-22-25(23)33(16-30-22)20-4-5-20)21(28)6-7-31-27(2,3)26(35)32-8-10-36-11-9-32/h6-7,12-13,16-17,19-20H,4-5,8-11,14-15,28H2,1-3H3,(H,29,34)/t17-,19-/m1/s1. The van der Waals surface area contributed by atoms with Gasteiger partial charge in [0.1, 0.15) is 22.9 Å². The third kappa shape index (κ3) is 5.49. The molecular weight excluding hydrogens is 472 g/mol. The minimum Gasteiger partial charge on any atom is -0.488 e. The van der Waals surface area contributed by atoms with Gasteiger partial charge in [-0.3, -0.25) is 14.6 Å². The van der Waals surface area contributed by atoms with Gasteiger partial charge in [0, 0.05) is 55.5 Å². The van der Waals surface area contributed by atoms with Gasteiger partial charge < -0.3 is 30.0 Å². The number of benzene rings is 1. The molecule has 3 N–H and O–H groups in total. The molecule has 198 valence electrons. The van der Waals surface area contributed by atoms with Crippen LogP contribution in [0.5, 0.6) is 5.75 Å². The van der Waals surface area contributed by atoms with Crippen LogP contribution in [0.25, 0.3) is 16.7 Å². The van der Waals surface area contributed by atoms with E-state index < -0.39 is 5.54 Å². The minimum absolute atomic E-state index is 0.0318. The Hall–Kier alpha value is -3.40. The molecule has 3 aliphatic rings. The van der Waals surface area contributed by atoms with Crippen LogP contribution < -0.4 is 15.8 Å². The van der Waals surface area contributed by atoms with Crippen LogP contribution in [0, 0.1) is 5.92 Å². The Kier molecular flexibility index (Phi) is 6.94. The molecule has 5 rings (SSSR count). The predicted octanol–water partition coefficient (Wildman–Crippen LogP) is 2.28. The Labute approximate surface area is 216 Å². The van der Waals surface area contributed by atoms with Crippen LogP contribution in [-0.4, -0.2) is 77.0 Å². The van der Waals surface area contributed by atoms with Gasteiger partial charge in [0.15, 0.2) is 0 Å². The molecule has 37 heavy (non-hydrogen) atoms. The molecule has 0 radical (unpaired) electrons. The van der Waals surface area contributed by atoms with E-state index in [0.717, 1.165) is 29.4 Å². The van der Waals surface area contributed by atoms with Gasteiger partial charge in [0.2, 0.25) is 11.8 Å². The summed E-state index contributed by atoms with van der Waals surface area (Å²) in [6.07, 6.45) is 7.73. The van der Waals surface area contributed by atoms with E-state index in [4.69, 9.17) is 15.2 Å². The summed E-state index contributed by atoms with van der Waals surface area (Å²) in [5.41, 5.74) is 8.58. The molecule has 2 aliphatic heterocycles. The second kappa shape index (κ2) is 10.2. The fraction of sp³-hybridized carbons (Fsp3) is 0.556. The summed E-state index contributed by atoms with van der Waals surface area (Å²) in [5.74, 6) is 0.842. The molecule has 2 atom stereocenters. The Morgan fingerprint density at radius 1 is 1.32 bits per heavy atom. The number of nitrogens with one attached hydrogen (secondary N) is 1. The van der Waals surface area contributed by atoms with Crippen molar-refractivity contribution in [3.05, 3.63) is 30.1 Å². The Balaban J connectivity index is 1.39. The molecular formula is C27H36N6O4. The molecule has 2 aromatic rings. The van der Waals surface area contributed by atoms with Gasteiger partial charge in [-0.05, 0) is 51.8 Å². The quantitative estimate of drug-likeness (QED) is 0.527. The van der Waals surface area contributed by atoms with Gasteiger partial charge in [-0.1, -0.05) is 0 Å². The number of nitrogens with two attached hydrogens (primary N) is 1. The molecule has 2 saturated heterocycles. The second-order valence-electron chi connectivity index (χ2n) is 10.7. The highest BCUT2D eigenvalue weighted by Gasteiger charge is 2.32. The first kappa shape index (κ1) is 25.3. The minimum atomic E-state index is -0.905. The number of amides is 2. The van der Waals surface area contributed by atoms with E-state index in [1.807, 2.05) is 25.4 Å². The van der Waals surface area contributed by atoms with Crippen LogP contribution >= 0.6 is 0 Å². The summed E-state index contributed by atoms with van der Waals surface area (Å²) in [6, 6.07) is 4.33. The van der Waals surface area contributed by atoms with E-state index in [9.17, 15) is 9.59 Å². The van der Waals surface area contributed by atoms with Gasteiger partial charge in [-0.2, -0.15) is 0 Å². The highest BCUT2D eigenvalue weighted by molar-refractivity contribution is 5.92. The summed E-state index contributed by atoms with van der Waals surface area (Å²) in [4.78, 5) is 35.6. The number of hydrogen-bond donors (Lipinski definition) is 2. The summed E-state index contributed by atoms with van der Waals surface area (Å²) in [6.45, 7) is 8.48. The fourth-order valence-electron chi connectivity index (χ4n) is 4.88. The molecule has 0 unspecified atom stereocenters. The third-order valence-corrected chi connectivity index (χ3v) is 7.37. The monoisotopic (exact) mass is 508 g/mol. The van der Waals surface area contributed by atoms with Crippen molar-refractivity contribution in [2.24, 2.45) is 16.6 Å². The molecule has 3 fully saturated rings. The molecule has 2 amide bonds. The number of fused-ring (bicyclic) bond motifs is 1. The molecule has 1 aliphatic carbocycles.